The van der Waals surface area contributed by atoms with Gasteiger partial charge in [-0.3, -0.25) is 4.18 Å². The molecule has 0 aromatic heterocycles. The molecule has 0 heterocycles. The lowest BCUT2D eigenvalue weighted by Gasteiger charge is -2.18. The van der Waals surface area contributed by atoms with Gasteiger partial charge in [-0.25, -0.2) is 0 Å². The second kappa shape index (κ2) is 7.17. The Kier molecular flexibility index (Phi) is 4.81. The van der Waals surface area contributed by atoms with Gasteiger partial charge < -0.3 is 4.74 Å². The first-order chi connectivity index (χ1) is 13.9. The molecule has 0 atom stereocenters. The summed E-state index contributed by atoms with van der Waals surface area (Å²) in [6.07, 6.45) is 0. The minimum Gasteiger partial charge on any atom is -0.496 e. The minimum atomic E-state index is -3.94. The minimum absolute atomic E-state index is 0.128. The fraction of sp³-hybridized carbons (Fsp3) is 0.167. The monoisotopic (exact) mass is 406 g/mol. The predicted octanol–water partition coefficient (Wildman–Crippen LogP) is 5.62. The summed E-state index contributed by atoms with van der Waals surface area (Å²) in [6.45, 7) is 4.05. The van der Waals surface area contributed by atoms with Crippen molar-refractivity contribution in [1.82, 2.24) is 0 Å². The average molecular weight is 407 g/mol. The van der Waals surface area contributed by atoms with Gasteiger partial charge in [0, 0.05) is 11.1 Å². The maximum Gasteiger partial charge on any atom is 0.297 e. The third kappa shape index (κ3) is 3.26. The van der Waals surface area contributed by atoms with Crippen LogP contribution >= 0.6 is 0 Å². The van der Waals surface area contributed by atoms with Crippen molar-refractivity contribution in [2.75, 3.05) is 14.2 Å². The highest BCUT2D eigenvalue weighted by Crippen LogP contribution is 2.44. The molecule has 0 amide bonds. The van der Waals surface area contributed by atoms with Crippen LogP contribution < -0.4 is 4.74 Å². The molecule has 0 radical (unpaired) electrons. The van der Waals surface area contributed by atoms with Crippen LogP contribution in [0.4, 0.5) is 0 Å². The highest BCUT2D eigenvalue weighted by molar-refractivity contribution is 7.87. The zero-order valence-corrected chi connectivity index (χ0v) is 17.6. The molecular weight excluding hydrogens is 384 g/mol. The summed E-state index contributed by atoms with van der Waals surface area (Å²) in [5, 5.41) is 3.74. The lowest BCUT2D eigenvalue weighted by atomic mass is 9.92. The van der Waals surface area contributed by atoms with E-state index in [-0.39, 0.29) is 4.90 Å². The Hall–Kier alpha value is -2.89. The lowest BCUT2D eigenvalue weighted by molar-refractivity contribution is 0.398. The Balaban J connectivity index is 2.25. The third-order valence-electron chi connectivity index (χ3n) is 5.23. The number of rotatable bonds is 4. The van der Waals surface area contributed by atoms with E-state index in [4.69, 9.17) is 8.92 Å². The van der Waals surface area contributed by atoms with Gasteiger partial charge >= 0.3 is 0 Å². The summed E-state index contributed by atoms with van der Waals surface area (Å²) >= 11 is 0. The molecular formula is C24H22O4S. The normalized spacial score (nSPS) is 11.9. The van der Waals surface area contributed by atoms with E-state index >= 15 is 0 Å². The number of methoxy groups -OCH3 is 1. The van der Waals surface area contributed by atoms with Crippen molar-refractivity contribution in [2.45, 2.75) is 18.7 Å². The van der Waals surface area contributed by atoms with E-state index in [1.165, 1.54) is 7.11 Å². The molecule has 0 N–H and O–H groups in total. The van der Waals surface area contributed by atoms with Gasteiger partial charge in [0.05, 0.1) is 14.2 Å². The molecule has 0 aliphatic rings. The van der Waals surface area contributed by atoms with E-state index in [1.54, 1.807) is 13.2 Å². The highest BCUT2D eigenvalue weighted by atomic mass is 32.2. The first-order valence-electron chi connectivity index (χ1n) is 9.27. The Bertz CT molecular complexity index is 1350. The van der Waals surface area contributed by atoms with Crippen molar-refractivity contribution in [1.29, 1.82) is 0 Å². The van der Waals surface area contributed by atoms with Gasteiger partial charge in [-0.2, -0.15) is 8.42 Å². The van der Waals surface area contributed by atoms with Gasteiger partial charge in [-0.1, -0.05) is 59.7 Å². The maximum atomic E-state index is 12.8. The number of hydrogen-bond donors (Lipinski definition) is 0. The summed E-state index contributed by atoms with van der Waals surface area (Å²) in [4.78, 5) is 0.128. The zero-order valence-electron chi connectivity index (χ0n) is 16.8. The van der Waals surface area contributed by atoms with Crippen molar-refractivity contribution in [2.24, 2.45) is 0 Å². The standard InChI is InChI=1S/C24H22O4S/c1-15-5-9-19-17(13-15)7-11-21(27-3)23(19)24-20-10-6-16(2)14-18(20)8-12-22(24)29(25,26)28-4/h5-14H,1-4H3. The van der Waals surface area contributed by atoms with Gasteiger partial charge in [-0.05, 0) is 47.5 Å². The van der Waals surface area contributed by atoms with Crippen LogP contribution in [0.1, 0.15) is 11.1 Å². The highest BCUT2D eigenvalue weighted by Gasteiger charge is 2.25. The van der Waals surface area contributed by atoms with Crippen molar-refractivity contribution < 1.29 is 17.3 Å². The van der Waals surface area contributed by atoms with Gasteiger partial charge in [0.25, 0.3) is 10.1 Å². The van der Waals surface area contributed by atoms with Gasteiger partial charge in [0.2, 0.25) is 0 Å². The van der Waals surface area contributed by atoms with E-state index in [2.05, 4.69) is 6.07 Å². The van der Waals surface area contributed by atoms with E-state index < -0.39 is 10.1 Å². The molecule has 0 aliphatic heterocycles. The summed E-state index contributed by atoms with van der Waals surface area (Å²) < 4.78 is 36.2. The largest absolute Gasteiger partial charge is 0.496 e. The molecule has 4 aromatic carbocycles. The fourth-order valence-corrected chi connectivity index (χ4v) is 4.72. The number of hydrogen-bond acceptors (Lipinski definition) is 4. The molecule has 0 saturated carbocycles. The average Bonchev–Trinajstić information content (AvgIpc) is 2.71. The third-order valence-corrected chi connectivity index (χ3v) is 6.55. The van der Waals surface area contributed by atoms with Crippen molar-refractivity contribution in [3.8, 4) is 16.9 Å². The van der Waals surface area contributed by atoms with Crippen molar-refractivity contribution >= 4 is 31.7 Å². The number of fused-ring (bicyclic) bond motifs is 2. The van der Waals surface area contributed by atoms with Crippen molar-refractivity contribution in [3.63, 3.8) is 0 Å². The van der Waals surface area contributed by atoms with Crippen LogP contribution in [-0.4, -0.2) is 22.6 Å². The van der Waals surface area contributed by atoms with E-state index in [0.29, 0.717) is 11.3 Å². The van der Waals surface area contributed by atoms with E-state index in [9.17, 15) is 8.42 Å². The van der Waals surface area contributed by atoms with Crippen LogP contribution in [-0.2, 0) is 14.3 Å². The first kappa shape index (κ1) is 19.4. The zero-order chi connectivity index (χ0) is 20.8. The van der Waals surface area contributed by atoms with Crippen LogP contribution in [0, 0.1) is 13.8 Å². The Morgan fingerprint density at radius 3 is 1.79 bits per heavy atom. The summed E-state index contributed by atoms with van der Waals surface area (Å²) in [7, 11) is -1.16. The quantitative estimate of drug-likeness (QED) is 0.413. The smallest absolute Gasteiger partial charge is 0.297 e. The van der Waals surface area contributed by atoms with Crippen LogP contribution in [0.5, 0.6) is 5.75 Å². The molecule has 148 valence electrons. The van der Waals surface area contributed by atoms with Crippen LogP contribution in [0.2, 0.25) is 0 Å². The van der Waals surface area contributed by atoms with Gasteiger partial charge in [0.1, 0.15) is 10.6 Å². The molecule has 0 spiro atoms. The molecule has 0 fully saturated rings. The topological polar surface area (TPSA) is 52.6 Å². The Labute approximate surface area is 170 Å². The van der Waals surface area contributed by atoms with E-state index in [1.807, 2.05) is 62.4 Å². The summed E-state index contributed by atoms with van der Waals surface area (Å²) in [6, 6.07) is 19.4. The molecule has 4 nitrogen and oxygen atoms in total. The lowest BCUT2D eigenvalue weighted by Crippen LogP contribution is -2.06. The molecule has 4 rings (SSSR count). The van der Waals surface area contributed by atoms with Gasteiger partial charge in [0.15, 0.2) is 0 Å². The van der Waals surface area contributed by atoms with E-state index in [0.717, 1.165) is 38.2 Å². The fourth-order valence-electron chi connectivity index (χ4n) is 3.84. The SMILES string of the molecule is COc1ccc2cc(C)ccc2c1-c1c(S(=O)(=O)OC)ccc2cc(C)ccc12. The van der Waals surface area contributed by atoms with Crippen molar-refractivity contribution in [3.05, 3.63) is 71.8 Å². The molecule has 5 heteroatoms. The Morgan fingerprint density at radius 2 is 1.24 bits per heavy atom. The number of aryl methyl sites for hydroxylation is 2. The second-order valence-corrected chi connectivity index (χ2v) is 8.83. The first-order valence-corrected chi connectivity index (χ1v) is 10.7. The summed E-state index contributed by atoms with van der Waals surface area (Å²) in [5.74, 6) is 0.613. The van der Waals surface area contributed by atoms with Crippen LogP contribution in [0.15, 0.2) is 65.6 Å². The van der Waals surface area contributed by atoms with Gasteiger partial charge in [-0.15, -0.1) is 0 Å². The summed E-state index contributed by atoms with van der Waals surface area (Å²) in [5.41, 5.74) is 3.57. The van der Waals surface area contributed by atoms with Crippen LogP contribution in [0.25, 0.3) is 32.7 Å². The molecule has 0 saturated heterocycles. The molecule has 29 heavy (non-hydrogen) atoms. The molecule has 0 bridgehead atoms. The van der Waals surface area contributed by atoms with Crippen LogP contribution in [0.3, 0.4) is 0 Å². The number of ether oxygens (including phenoxy) is 1. The number of benzene rings is 4. The maximum absolute atomic E-state index is 12.8. The molecule has 0 unspecified atom stereocenters. The predicted molar refractivity (Wildman–Crippen MR) is 117 cm³/mol. The molecule has 4 aromatic rings. The molecule has 0 aliphatic carbocycles. The second-order valence-electron chi connectivity index (χ2n) is 7.15. The Morgan fingerprint density at radius 1 is 0.690 bits per heavy atom.